The first-order valence-electron chi connectivity index (χ1n) is 14.4. The molecule has 0 aliphatic rings. The van der Waals surface area contributed by atoms with E-state index in [1.165, 1.54) is 89.9 Å². The van der Waals surface area contributed by atoms with Crippen molar-refractivity contribution >= 4 is 23.9 Å². The van der Waals surface area contributed by atoms with Crippen LogP contribution in [0.15, 0.2) is 0 Å². The van der Waals surface area contributed by atoms with Crippen LogP contribution in [0.25, 0.3) is 0 Å². The standard InChI is InChI=1S/C28H50O10/c1-2-3-4-5-6-7-8-9-10-11-12-13-14-15-16-17-18-19-20-21-24(31)37-25(26(32)38-36)28(35,27(33)34)22-23(29)30/h25,35-36H,2-22H2,1H3,(H,29,30)(H,33,34). The van der Waals surface area contributed by atoms with Gasteiger partial charge in [0.25, 0.3) is 0 Å². The van der Waals surface area contributed by atoms with E-state index >= 15 is 0 Å². The lowest BCUT2D eigenvalue weighted by Gasteiger charge is -2.28. The molecule has 2 unspecified atom stereocenters. The van der Waals surface area contributed by atoms with Gasteiger partial charge in [-0.25, -0.2) is 9.59 Å². The van der Waals surface area contributed by atoms with Gasteiger partial charge in [-0.3, -0.25) is 14.5 Å². The second kappa shape index (κ2) is 22.8. The van der Waals surface area contributed by atoms with Gasteiger partial charge in [0.2, 0.25) is 11.7 Å². The minimum absolute atomic E-state index is 0.156. The molecule has 0 radical (unpaired) electrons. The van der Waals surface area contributed by atoms with Crippen LogP contribution in [0.5, 0.6) is 0 Å². The number of aliphatic hydroxyl groups is 1. The molecule has 38 heavy (non-hydrogen) atoms. The summed E-state index contributed by atoms with van der Waals surface area (Å²) < 4.78 is 4.70. The molecular formula is C28H50O10. The zero-order valence-electron chi connectivity index (χ0n) is 23.2. The fourth-order valence-electron chi connectivity index (χ4n) is 4.44. The fraction of sp³-hybridized carbons (Fsp3) is 0.857. The first kappa shape index (κ1) is 35.8. The van der Waals surface area contributed by atoms with Crippen LogP contribution in [0.2, 0.25) is 0 Å². The van der Waals surface area contributed by atoms with Crippen LogP contribution in [0, 0.1) is 0 Å². The van der Waals surface area contributed by atoms with Gasteiger partial charge in [-0.15, -0.1) is 0 Å². The minimum atomic E-state index is -3.28. The van der Waals surface area contributed by atoms with E-state index in [9.17, 15) is 24.3 Å². The van der Waals surface area contributed by atoms with Crippen molar-refractivity contribution in [2.75, 3.05) is 0 Å². The molecule has 0 aromatic carbocycles. The minimum Gasteiger partial charge on any atom is -0.481 e. The predicted octanol–water partition coefficient (Wildman–Crippen LogP) is 6.03. The number of unbranched alkanes of at least 4 members (excludes halogenated alkanes) is 18. The smallest absolute Gasteiger partial charge is 0.385 e. The first-order chi connectivity index (χ1) is 18.2. The van der Waals surface area contributed by atoms with Crippen LogP contribution in [-0.4, -0.2) is 56.2 Å². The number of esters is 1. The lowest BCUT2D eigenvalue weighted by Crippen LogP contribution is -2.56. The molecule has 222 valence electrons. The van der Waals surface area contributed by atoms with E-state index in [4.69, 9.17) is 20.2 Å². The van der Waals surface area contributed by atoms with Gasteiger partial charge in [0, 0.05) is 6.42 Å². The fourth-order valence-corrected chi connectivity index (χ4v) is 4.44. The summed E-state index contributed by atoms with van der Waals surface area (Å²) in [6.07, 6.45) is 18.7. The van der Waals surface area contributed by atoms with Crippen molar-refractivity contribution in [1.82, 2.24) is 0 Å². The molecule has 0 aromatic heterocycles. The summed E-state index contributed by atoms with van der Waals surface area (Å²) >= 11 is 0. The summed E-state index contributed by atoms with van der Waals surface area (Å²) in [5.41, 5.74) is -3.28. The third-order valence-corrected chi connectivity index (χ3v) is 6.76. The molecule has 0 fully saturated rings. The summed E-state index contributed by atoms with van der Waals surface area (Å²) in [6, 6.07) is 0. The Morgan fingerprint density at radius 2 is 1.03 bits per heavy atom. The van der Waals surface area contributed by atoms with Crippen LogP contribution in [0.1, 0.15) is 142 Å². The number of aliphatic carboxylic acids is 2. The van der Waals surface area contributed by atoms with E-state index in [0.29, 0.717) is 6.42 Å². The van der Waals surface area contributed by atoms with E-state index in [2.05, 4.69) is 11.8 Å². The number of carbonyl (C=O) groups excluding carboxylic acids is 2. The van der Waals surface area contributed by atoms with Crippen molar-refractivity contribution in [1.29, 1.82) is 0 Å². The van der Waals surface area contributed by atoms with Gasteiger partial charge < -0.3 is 20.1 Å². The highest BCUT2D eigenvalue weighted by Gasteiger charge is 2.54. The summed E-state index contributed by atoms with van der Waals surface area (Å²) in [5, 5.41) is 36.7. The zero-order valence-corrected chi connectivity index (χ0v) is 23.2. The van der Waals surface area contributed by atoms with Crippen LogP contribution >= 0.6 is 0 Å². The molecule has 0 saturated carbocycles. The van der Waals surface area contributed by atoms with Gasteiger partial charge in [0.1, 0.15) is 0 Å². The number of carbonyl (C=O) groups is 4. The van der Waals surface area contributed by atoms with Crippen LogP contribution in [0.3, 0.4) is 0 Å². The van der Waals surface area contributed by atoms with Crippen molar-refractivity contribution in [2.24, 2.45) is 0 Å². The first-order valence-corrected chi connectivity index (χ1v) is 14.4. The molecular weight excluding hydrogens is 496 g/mol. The average molecular weight is 547 g/mol. The topological polar surface area (TPSA) is 168 Å². The highest BCUT2D eigenvalue weighted by atomic mass is 17.1. The Labute approximate surface area is 227 Å². The molecule has 0 saturated heterocycles. The molecule has 0 amide bonds. The number of carboxylic acids is 2. The van der Waals surface area contributed by atoms with Gasteiger partial charge in [0.15, 0.2) is 0 Å². The Kier molecular flexibility index (Phi) is 21.4. The number of hydrogen-bond acceptors (Lipinski definition) is 8. The quantitative estimate of drug-likeness (QED) is 0.0435. The number of rotatable bonds is 26. The Bertz CT molecular complexity index is 666. The van der Waals surface area contributed by atoms with Crippen LogP contribution in [-0.2, 0) is 28.8 Å². The molecule has 0 aliphatic heterocycles. The van der Waals surface area contributed by atoms with Crippen LogP contribution < -0.4 is 0 Å². The van der Waals surface area contributed by atoms with Gasteiger partial charge in [-0.2, -0.15) is 5.26 Å². The predicted molar refractivity (Wildman–Crippen MR) is 141 cm³/mol. The van der Waals surface area contributed by atoms with E-state index in [0.717, 1.165) is 25.7 Å². The number of hydrogen-bond donors (Lipinski definition) is 4. The zero-order chi connectivity index (χ0) is 28.7. The van der Waals surface area contributed by atoms with Crippen molar-refractivity contribution in [3.05, 3.63) is 0 Å². The molecule has 0 spiro atoms. The number of ether oxygens (including phenoxy) is 1. The Morgan fingerprint density at radius 3 is 1.34 bits per heavy atom. The van der Waals surface area contributed by atoms with Gasteiger partial charge in [-0.05, 0) is 6.42 Å². The van der Waals surface area contributed by atoms with E-state index < -0.39 is 42.0 Å². The van der Waals surface area contributed by atoms with E-state index in [-0.39, 0.29) is 6.42 Å². The lowest BCUT2D eigenvalue weighted by molar-refractivity contribution is -0.254. The molecule has 2 atom stereocenters. The van der Waals surface area contributed by atoms with E-state index in [1.807, 2.05) is 0 Å². The molecule has 4 N–H and O–H groups in total. The van der Waals surface area contributed by atoms with Crippen molar-refractivity contribution in [2.45, 2.75) is 153 Å². The van der Waals surface area contributed by atoms with Crippen molar-refractivity contribution < 1.29 is 49.4 Å². The maximum atomic E-state index is 12.0. The summed E-state index contributed by atoms with van der Waals surface area (Å²) in [4.78, 5) is 49.4. The summed E-state index contributed by atoms with van der Waals surface area (Å²) in [5.74, 6) is -6.64. The molecule has 0 aliphatic carbocycles. The van der Waals surface area contributed by atoms with E-state index in [1.54, 1.807) is 0 Å². The molecule has 0 heterocycles. The van der Waals surface area contributed by atoms with Crippen LogP contribution in [0.4, 0.5) is 0 Å². The molecule has 0 aromatic rings. The Hall–Kier alpha value is -2.20. The average Bonchev–Trinajstić information content (AvgIpc) is 2.87. The molecule has 10 nitrogen and oxygen atoms in total. The summed E-state index contributed by atoms with van der Waals surface area (Å²) in [7, 11) is 0. The largest absolute Gasteiger partial charge is 0.481 e. The monoisotopic (exact) mass is 546 g/mol. The van der Waals surface area contributed by atoms with Crippen molar-refractivity contribution in [3.8, 4) is 0 Å². The highest BCUT2D eigenvalue weighted by molar-refractivity contribution is 5.92. The van der Waals surface area contributed by atoms with Gasteiger partial charge >= 0.3 is 23.9 Å². The molecule has 0 bridgehead atoms. The SMILES string of the molecule is CCCCCCCCCCCCCCCCCCCCCC(=O)OC(C(=O)OO)C(O)(CC(=O)O)C(=O)O. The van der Waals surface area contributed by atoms with Gasteiger partial charge in [-0.1, -0.05) is 122 Å². The summed E-state index contributed by atoms with van der Waals surface area (Å²) in [6.45, 7) is 2.25. The third kappa shape index (κ3) is 17.3. The Balaban J connectivity index is 3.85. The third-order valence-electron chi connectivity index (χ3n) is 6.76. The Morgan fingerprint density at radius 1 is 0.658 bits per heavy atom. The second-order valence-corrected chi connectivity index (χ2v) is 10.2. The number of carboxylic acid groups (broad SMARTS) is 2. The molecule has 10 heteroatoms. The lowest BCUT2D eigenvalue weighted by atomic mass is 9.92. The van der Waals surface area contributed by atoms with Gasteiger partial charge in [0.05, 0.1) is 6.42 Å². The second-order valence-electron chi connectivity index (χ2n) is 10.2. The molecule has 0 rings (SSSR count). The normalized spacial score (nSPS) is 13.4. The maximum Gasteiger partial charge on any atom is 0.385 e. The highest BCUT2D eigenvalue weighted by Crippen LogP contribution is 2.22. The maximum absolute atomic E-state index is 12.0. The van der Waals surface area contributed by atoms with Crippen molar-refractivity contribution in [3.63, 3.8) is 0 Å².